The first-order chi connectivity index (χ1) is 10.0. The zero-order chi connectivity index (χ0) is 15.9. The summed E-state index contributed by atoms with van der Waals surface area (Å²) < 4.78 is 9.93. The van der Waals surface area contributed by atoms with Crippen molar-refractivity contribution < 1.29 is 24.2 Å². The van der Waals surface area contributed by atoms with Gasteiger partial charge in [0.2, 0.25) is 0 Å². The quantitative estimate of drug-likeness (QED) is 0.453. The molecule has 1 aromatic carbocycles. The molecule has 0 aliphatic carbocycles. The van der Waals surface area contributed by atoms with Gasteiger partial charge < -0.3 is 14.6 Å². The Morgan fingerprint density at radius 2 is 2.00 bits per heavy atom. The van der Waals surface area contributed by atoms with Crippen LogP contribution in [0.2, 0.25) is 5.02 Å². The van der Waals surface area contributed by atoms with Crippen LogP contribution in [0.1, 0.15) is 25.3 Å². The highest BCUT2D eigenvalue weighted by atomic mass is 35.5. The summed E-state index contributed by atoms with van der Waals surface area (Å²) in [4.78, 5) is 24.2. The van der Waals surface area contributed by atoms with Crippen LogP contribution in [0.25, 0.3) is 0 Å². The fraction of sp³-hybridized carbons (Fsp3) is 0.467. The Labute approximate surface area is 128 Å². The third-order valence-electron chi connectivity index (χ3n) is 3.22. The molecular formula is C15H19ClO5. The van der Waals surface area contributed by atoms with E-state index in [0.29, 0.717) is 13.0 Å². The highest BCUT2D eigenvalue weighted by Crippen LogP contribution is 2.36. The maximum Gasteiger partial charge on any atom is 0.328 e. The van der Waals surface area contributed by atoms with E-state index in [1.54, 1.807) is 31.2 Å². The van der Waals surface area contributed by atoms with Gasteiger partial charge in [-0.15, -0.1) is 0 Å². The molecule has 1 rings (SSSR count). The second-order valence-corrected chi connectivity index (χ2v) is 4.91. The average molecular weight is 315 g/mol. The first-order valence-electron chi connectivity index (χ1n) is 6.65. The number of rotatable bonds is 8. The summed E-state index contributed by atoms with van der Waals surface area (Å²) in [5.41, 5.74) is -1.57. The molecule has 1 atom stereocenters. The molecule has 116 valence electrons. The fourth-order valence-electron chi connectivity index (χ4n) is 2.20. The molecule has 1 N–H and O–H groups in total. The summed E-state index contributed by atoms with van der Waals surface area (Å²) in [5, 5.41) is 9.92. The van der Waals surface area contributed by atoms with Gasteiger partial charge in [-0.3, -0.25) is 9.59 Å². The number of aliphatic carboxylic acids is 1. The second kappa shape index (κ2) is 8.00. The number of carboxylic acids is 1. The van der Waals surface area contributed by atoms with Crippen molar-refractivity contribution in [3.63, 3.8) is 0 Å². The van der Waals surface area contributed by atoms with Gasteiger partial charge in [-0.25, -0.2) is 0 Å². The van der Waals surface area contributed by atoms with Crippen molar-refractivity contribution in [1.29, 1.82) is 0 Å². The second-order valence-electron chi connectivity index (χ2n) is 4.51. The van der Waals surface area contributed by atoms with Crippen molar-refractivity contribution in [2.45, 2.75) is 25.2 Å². The lowest BCUT2D eigenvalue weighted by Crippen LogP contribution is -2.45. The number of carbonyl (C=O) groups is 2. The number of carbonyl (C=O) groups excluding carboxylic acids is 1. The molecule has 0 spiro atoms. The third kappa shape index (κ3) is 3.74. The molecule has 0 aromatic heterocycles. The molecule has 1 unspecified atom stereocenters. The minimum absolute atomic E-state index is 0.0543. The van der Waals surface area contributed by atoms with E-state index < -0.39 is 17.4 Å². The molecular weight excluding hydrogens is 296 g/mol. The van der Waals surface area contributed by atoms with Crippen molar-refractivity contribution in [2.75, 3.05) is 20.3 Å². The number of carboxylic acid groups (broad SMARTS) is 1. The molecule has 0 bridgehead atoms. The Morgan fingerprint density at radius 1 is 1.33 bits per heavy atom. The van der Waals surface area contributed by atoms with E-state index >= 15 is 0 Å². The van der Waals surface area contributed by atoms with E-state index in [-0.39, 0.29) is 23.6 Å². The number of ether oxygens (including phenoxy) is 2. The number of halogens is 1. The van der Waals surface area contributed by atoms with Crippen LogP contribution in [0.4, 0.5) is 0 Å². The maximum absolute atomic E-state index is 12.4. The minimum atomic E-state index is -1.81. The Kier molecular flexibility index (Phi) is 6.65. The van der Waals surface area contributed by atoms with Crippen molar-refractivity contribution in [3.8, 4) is 0 Å². The van der Waals surface area contributed by atoms with Crippen LogP contribution in [-0.2, 0) is 24.5 Å². The molecule has 0 heterocycles. The van der Waals surface area contributed by atoms with Gasteiger partial charge in [0.05, 0.1) is 6.61 Å². The molecule has 5 nitrogen and oxygen atoms in total. The van der Waals surface area contributed by atoms with Gasteiger partial charge in [-0.1, -0.05) is 29.8 Å². The largest absolute Gasteiger partial charge is 0.480 e. The molecule has 0 aliphatic rings. The van der Waals surface area contributed by atoms with Crippen LogP contribution in [0.15, 0.2) is 24.3 Å². The van der Waals surface area contributed by atoms with Gasteiger partial charge in [0.1, 0.15) is 0 Å². The summed E-state index contributed by atoms with van der Waals surface area (Å²) in [5.74, 6) is -2.08. The summed E-state index contributed by atoms with van der Waals surface area (Å²) >= 11 is 6.11. The summed E-state index contributed by atoms with van der Waals surface area (Å²) in [7, 11) is 1.52. The van der Waals surface area contributed by atoms with E-state index in [1.165, 1.54) is 7.11 Å². The van der Waals surface area contributed by atoms with Gasteiger partial charge in [0.15, 0.2) is 5.41 Å². The fourth-order valence-corrected chi connectivity index (χ4v) is 2.50. The lowest BCUT2D eigenvalue weighted by molar-refractivity contribution is -0.162. The molecule has 6 heteroatoms. The number of benzene rings is 1. The van der Waals surface area contributed by atoms with Crippen LogP contribution in [0.3, 0.4) is 0 Å². The van der Waals surface area contributed by atoms with Crippen molar-refractivity contribution >= 4 is 23.5 Å². The SMILES string of the molecule is CCOC(=O)C(CCCOC)(C(=O)O)c1ccccc1Cl. The molecule has 21 heavy (non-hydrogen) atoms. The van der Waals surface area contributed by atoms with E-state index in [0.717, 1.165) is 0 Å². The average Bonchev–Trinajstić information content (AvgIpc) is 2.44. The highest BCUT2D eigenvalue weighted by Gasteiger charge is 2.50. The van der Waals surface area contributed by atoms with Gasteiger partial charge in [-0.2, -0.15) is 0 Å². The van der Waals surface area contributed by atoms with Gasteiger partial charge in [0.25, 0.3) is 0 Å². The Balaban J connectivity index is 3.33. The lowest BCUT2D eigenvalue weighted by Gasteiger charge is -2.28. The topological polar surface area (TPSA) is 72.8 Å². The monoisotopic (exact) mass is 314 g/mol. The summed E-state index contributed by atoms with van der Waals surface area (Å²) in [6.45, 7) is 2.08. The number of esters is 1. The molecule has 0 saturated carbocycles. The maximum atomic E-state index is 12.4. The Bertz CT molecular complexity index is 503. The summed E-state index contributed by atoms with van der Waals surface area (Å²) in [6, 6.07) is 6.43. The smallest absolute Gasteiger partial charge is 0.328 e. The van der Waals surface area contributed by atoms with E-state index in [1.807, 2.05) is 0 Å². The molecule has 1 aromatic rings. The van der Waals surface area contributed by atoms with Crippen molar-refractivity contribution in [3.05, 3.63) is 34.9 Å². The Morgan fingerprint density at radius 3 is 2.52 bits per heavy atom. The third-order valence-corrected chi connectivity index (χ3v) is 3.55. The highest BCUT2D eigenvalue weighted by molar-refractivity contribution is 6.32. The van der Waals surface area contributed by atoms with Crippen molar-refractivity contribution in [1.82, 2.24) is 0 Å². The molecule has 0 amide bonds. The molecule has 0 saturated heterocycles. The van der Waals surface area contributed by atoms with Crippen LogP contribution in [-0.4, -0.2) is 37.4 Å². The van der Waals surface area contributed by atoms with E-state index in [9.17, 15) is 14.7 Å². The minimum Gasteiger partial charge on any atom is -0.480 e. The molecule has 0 fully saturated rings. The van der Waals surface area contributed by atoms with Crippen LogP contribution >= 0.6 is 11.6 Å². The van der Waals surface area contributed by atoms with Gasteiger partial charge in [-0.05, 0) is 31.4 Å². The predicted octanol–water partition coefficient (Wildman–Crippen LogP) is 2.65. The van der Waals surface area contributed by atoms with Crippen LogP contribution in [0, 0.1) is 0 Å². The molecule has 0 radical (unpaired) electrons. The zero-order valence-corrected chi connectivity index (χ0v) is 12.9. The number of hydrogen-bond donors (Lipinski definition) is 1. The molecule has 0 aliphatic heterocycles. The normalized spacial score (nSPS) is 13.5. The first kappa shape index (κ1) is 17.5. The number of methoxy groups -OCH3 is 1. The number of hydrogen-bond acceptors (Lipinski definition) is 4. The van der Waals surface area contributed by atoms with Gasteiger partial charge in [0, 0.05) is 18.7 Å². The predicted molar refractivity (Wildman–Crippen MR) is 78.5 cm³/mol. The van der Waals surface area contributed by atoms with Crippen LogP contribution < -0.4 is 0 Å². The first-order valence-corrected chi connectivity index (χ1v) is 7.03. The standard InChI is InChI=1S/C15H19ClO5/c1-3-21-14(19)15(13(17)18,9-6-10-20-2)11-7-4-5-8-12(11)16/h4-5,7-8H,3,6,9-10H2,1-2H3,(H,17,18). The van der Waals surface area contributed by atoms with Crippen LogP contribution in [0.5, 0.6) is 0 Å². The zero-order valence-electron chi connectivity index (χ0n) is 12.1. The lowest BCUT2D eigenvalue weighted by atomic mass is 9.76. The van der Waals surface area contributed by atoms with E-state index in [4.69, 9.17) is 21.1 Å². The van der Waals surface area contributed by atoms with Gasteiger partial charge >= 0.3 is 11.9 Å². The summed E-state index contributed by atoms with van der Waals surface area (Å²) in [6.07, 6.45) is 0.450. The van der Waals surface area contributed by atoms with Crippen molar-refractivity contribution in [2.24, 2.45) is 0 Å². The van der Waals surface area contributed by atoms with E-state index in [2.05, 4.69) is 0 Å². The Hall–Kier alpha value is -1.59.